The summed E-state index contributed by atoms with van der Waals surface area (Å²) in [6.45, 7) is 2.05. The van der Waals surface area contributed by atoms with E-state index in [0.717, 1.165) is 21.9 Å². The summed E-state index contributed by atoms with van der Waals surface area (Å²) < 4.78 is 5.49. The van der Waals surface area contributed by atoms with E-state index in [2.05, 4.69) is 47.4 Å². The van der Waals surface area contributed by atoms with Crippen LogP contribution in [0.25, 0.3) is 33.6 Å². The highest BCUT2D eigenvalue weighted by molar-refractivity contribution is 5.94. The predicted octanol–water partition coefficient (Wildman–Crippen LogP) is 4.87. The molecule has 0 bridgehead atoms. The molecule has 0 amide bonds. The minimum Gasteiger partial charge on any atom is -0.334 e. The summed E-state index contributed by atoms with van der Waals surface area (Å²) in [6.07, 6.45) is 0. The molecule has 0 atom stereocenters. The van der Waals surface area contributed by atoms with Gasteiger partial charge in [-0.2, -0.15) is 4.98 Å². The topological polar surface area (TPSA) is 38.9 Å². The van der Waals surface area contributed by atoms with Crippen molar-refractivity contribution in [1.82, 2.24) is 10.1 Å². The number of hydrogen-bond acceptors (Lipinski definition) is 3. The van der Waals surface area contributed by atoms with Crippen LogP contribution in [-0.4, -0.2) is 10.1 Å². The third-order valence-corrected chi connectivity index (χ3v) is 3.72. The van der Waals surface area contributed by atoms with Crippen LogP contribution in [0.5, 0.6) is 0 Å². The van der Waals surface area contributed by atoms with Gasteiger partial charge in [-0.1, -0.05) is 65.3 Å². The quantitative estimate of drug-likeness (QED) is 0.528. The molecule has 1 aromatic heterocycles. The number of aryl methyl sites for hydroxylation is 1. The average molecular weight is 286 g/mol. The van der Waals surface area contributed by atoms with Crippen molar-refractivity contribution in [3.05, 3.63) is 72.3 Å². The zero-order valence-corrected chi connectivity index (χ0v) is 12.2. The van der Waals surface area contributed by atoms with Crippen molar-refractivity contribution >= 4 is 10.8 Å². The van der Waals surface area contributed by atoms with Crippen LogP contribution in [0.3, 0.4) is 0 Å². The van der Waals surface area contributed by atoms with Gasteiger partial charge < -0.3 is 4.52 Å². The lowest BCUT2D eigenvalue weighted by molar-refractivity contribution is 0.432. The molecule has 0 N–H and O–H groups in total. The fourth-order valence-electron chi connectivity index (χ4n) is 2.65. The van der Waals surface area contributed by atoms with Gasteiger partial charge in [0.15, 0.2) is 0 Å². The van der Waals surface area contributed by atoms with Gasteiger partial charge in [0.2, 0.25) is 5.82 Å². The third kappa shape index (κ3) is 2.17. The summed E-state index contributed by atoms with van der Waals surface area (Å²) in [6, 6.07) is 22.4. The molecule has 0 saturated carbocycles. The molecular formula is C19H14N2O. The van der Waals surface area contributed by atoms with E-state index in [1.807, 2.05) is 36.4 Å². The van der Waals surface area contributed by atoms with Gasteiger partial charge in [-0.25, -0.2) is 0 Å². The Morgan fingerprint density at radius 3 is 2.59 bits per heavy atom. The summed E-state index contributed by atoms with van der Waals surface area (Å²) >= 11 is 0. The lowest BCUT2D eigenvalue weighted by atomic mass is 10.0. The van der Waals surface area contributed by atoms with Gasteiger partial charge in [0.1, 0.15) is 0 Å². The van der Waals surface area contributed by atoms with E-state index >= 15 is 0 Å². The van der Waals surface area contributed by atoms with Crippen molar-refractivity contribution in [3.8, 4) is 22.8 Å². The molecule has 0 radical (unpaired) electrons. The van der Waals surface area contributed by atoms with Crippen molar-refractivity contribution in [1.29, 1.82) is 0 Å². The van der Waals surface area contributed by atoms with Crippen LogP contribution in [0.4, 0.5) is 0 Å². The Hall–Kier alpha value is -2.94. The van der Waals surface area contributed by atoms with Crippen molar-refractivity contribution in [2.24, 2.45) is 0 Å². The monoisotopic (exact) mass is 286 g/mol. The average Bonchev–Trinajstić information content (AvgIpc) is 3.04. The number of rotatable bonds is 2. The second-order valence-electron chi connectivity index (χ2n) is 5.32. The zero-order chi connectivity index (χ0) is 14.9. The predicted molar refractivity (Wildman–Crippen MR) is 87.4 cm³/mol. The van der Waals surface area contributed by atoms with Gasteiger partial charge in [0.25, 0.3) is 5.89 Å². The van der Waals surface area contributed by atoms with Gasteiger partial charge in [-0.15, -0.1) is 0 Å². The lowest BCUT2D eigenvalue weighted by Gasteiger charge is -2.01. The second-order valence-corrected chi connectivity index (χ2v) is 5.32. The fraction of sp³-hybridized carbons (Fsp3) is 0.0526. The molecule has 0 saturated heterocycles. The summed E-state index contributed by atoms with van der Waals surface area (Å²) in [4.78, 5) is 4.56. The first-order chi connectivity index (χ1) is 10.8. The number of aromatic nitrogens is 2. The first-order valence-electron chi connectivity index (χ1n) is 7.20. The van der Waals surface area contributed by atoms with Crippen molar-refractivity contribution in [3.63, 3.8) is 0 Å². The minimum atomic E-state index is 0.549. The van der Waals surface area contributed by atoms with Crippen LogP contribution < -0.4 is 0 Å². The SMILES string of the molecule is Cc1cccc(-c2noc(-c3cccc4ccccc34)n2)c1. The molecule has 3 aromatic carbocycles. The van der Waals surface area contributed by atoms with Crippen LogP contribution in [-0.2, 0) is 0 Å². The molecule has 4 aromatic rings. The van der Waals surface area contributed by atoms with Gasteiger partial charge in [-0.05, 0) is 29.8 Å². The Kier molecular flexibility index (Phi) is 2.97. The van der Waals surface area contributed by atoms with E-state index in [-0.39, 0.29) is 0 Å². The molecule has 0 aliphatic rings. The van der Waals surface area contributed by atoms with Crippen LogP contribution >= 0.6 is 0 Å². The number of hydrogen-bond donors (Lipinski definition) is 0. The van der Waals surface area contributed by atoms with E-state index in [4.69, 9.17) is 4.52 Å². The highest BCUT2D eigenvalue weighted by Crippen LogP contribution is 2.29. The van der Waals surface area contributed by atoms with Crippen molar-refractivity contribution in [2.75, 3.05) is 0 Å². The van der Waals surface area contributed by atoms with Crippen LogP contribution in [0, 0.1) is 6.92 Å². The zero-order valence-electron chi connectivity index (χ0n) is 12.2. The highest BCUT2D eigenvalue weighted by Gasteiger charge is 2.12. The first kappa shape index (κ1) is 12.8. The summed E-state index contributed by atoms with van der Waals surface area (Å²) in [5.74, 6) is 1.17. The van der Waals surface area contributed by atoms with E-state index in [1.54, 1.807) is 0 Å². The molecule has 0 aliphatic carbocycles. The molecule has 4 rings (SSSR count). The van der Waals surface area contributed by atoms with Crippen molar-refractivity contribution in [2.45, 2.75) is 6.92 Å². The van der Waals surface area contributed by atoms with Gasteiger partial charge in [0.05, 0.1) is 0 Å². The molecule has 106 valence electrons. The van der Waals surface area contributed by atoms with Gasteiger partial charge in [-0.3, -0.25) is 0 Å². The molecule has 0 unspecified atom stereocenters. The Morgan fingerprint density at radius 1 is 0.864 bits per heavy atom. The standard InChI is InChI=1S/C19H14N2O/c1-13-6-4-9-15(12-13)18-20-19(22-21-18)17-11-5-8-14-7-2-3-10-16(14)17/h2-12H,1H3. The normalized spacial score (nSPS) is 11.0. The van der Waals surface area contributed by atoms with E-state index in [9.17, 15) is 0 Å². The van der Waals surface area contributed by atoms with Crippen molar-refractivity contribution < 1.29 is 4.52 Å². The third-order valence-electron chi connectivity index (χ3n) is 3.72. The Balaban J connectivity index is 1.84. The molecular weight excluding hydrogens is 272 g/mol. The van der Waals surface area contributed by atoms with E-state index < -0.39 is 0 Å². The molecule has 3 nitrogen and oxygen atoms in total. The first-order valence-corrected chi connectivity index (χ1v) is 7.20. The van der Waals surface area contributed by atoms with Crippen LogP contribution in [0.15, 0.2) is 71.3 Å². The molecule has 22 heavy (non-hydrogen) atoms. The molecule has 3 heteroatoms. The smallest absolute Gasteiger partial charge is 0.258 e. The summed E-state index contributed by atoms with van der Waals surface area (Å²) in [5.41, 5.74) is 3.11. The van der Waals surface area contributed by atoms with Gasteiger partial charge >= 0.3 is 0 Å². The Morgan fingerprint density at radius 2 is 1.68 bits per heavy atom. The van der Waals surface area contributed by atoms with Gasteiger partial charge in [0, 0.05) is 11.1 Å². The Bertz CT molecular complexity index is 951. The summed E-state index contributed by atoms with van der Waals surface area (Å²) in [7, 11) is 0. The number of benzene rings is 3. The lowest BCUT2D eigenvalue weighted by Crippen LogP contribution is -1.83. The maximum absolute atomic E-state index is 5.49. The van der Waals surface area contributed by atoms with Crippen LogP contribution in [0.2, 0.25) is 0 Å². The van der Waals surface area contributed by atoms with E-state index in [1.165, 1.54) is 5.56 Å². The molecule has 0 fully saturated rings. The molecule has 0 spiro atoms. The summed E-state index contributed by atoms with van der Waals surface area (Å²) in [5, 5.41) is 6.40. The maximum Gasteiger partial charge on any atom is 0.258 e. The minimum absolute atomic E-state index is 0.549. The molecule has 1 heterocycles. The number of nitrogens with zero attached hydrogens (tertiary/aromatic N) is 2. The maximum atomic E-state index is 5.49. The fourth-order valence-corrected chi connectivity index (χ4v) is 2.65. The number of fused-ring (bicyclic) bond motifs is 1. The van der Waals surface area contributed by atoms with E-state index in [0.29, 0.717) is 11.7 Å². The molecule has 0 aliphatic heterocycles. The second kappa shape index (κ2) is 5.11. The largest absolute Gasteiger partial charge is 0.334 e. The van der Waals surface area contributed by atoms with Crippen LogP contribution in [0.1, 0.15) is 5.56 Å². The highest BCUT2D eigenvalue weighted by atomic mass is 16.5. The Labute approximate surface area is 128 Å².